The lowest BCUT2D eigenvalue weighted by atomic mass is 10.3. The normalized spacial score (nSPS) is 10.2. The number of hydrogen-bond acceptors (Lipinski definition) is 7. The molecule has 0 aliphatic heterocycles. The highest BCUT2D eigenvalue weighted by atomic mass is 32.2. The zero-order chi connectivity index (χ0) is 10.7. The van der Waals surface area contributed by atoms with E-state index in [0.29, 0.717) is 11.0 Å². The highest BCUT2D eigenvalue weighted by Crippen LogP contribution is 2.16. The van der Waals surface area contributed by atoms with Crippen LogP contribution in [-0.4, -0.2) is 31.2 Å². The molecule has 2 aromatic heterocycles. The van der Waals surface area contributed by atoms with Crippen LogP contribution in [0.3, 0.4) is 0 Å². The Labute approximate surface area is 90.4 Å². The van der Waals surface area contributed by atoms with Gasteiger partial charge in [-0.05, 0) is 6.26 Å². The van der Waals surface area contributed by atoms with Crippen molar-refractivity contribution in [3.05, 3.63) is 18.7 Å². The molecule has 0 aliphatic carbocycles. The van der Waals surface area contributed by atoms with Crippen molar-refractivity contribution in [2.45, 2.75) is 5.16 Å². The molecule has 0 saturated carbocycles. The van der Waals surface area contributed by atoms with E-state index < -0.39 is 0 Å². The van der Waals surface area contributed by atoms with Gasteiger partial charge in [0.2, 0.25) is 5.95 Å². The van der Waals surface area contributed by atoms with E-state index in [4.69, 9.17) is 5.73 Å². The molecule has 2 rings (SSSR count). The van der Waals surface area contributed by atoms with Crippen LogP contribution in [-0.2, 0) is 0 Å². The monoisotopic (exact) mass is 220 g/mol. The molecule has 0 bridgehead atoms. The van der Waals surface area contributed by atoms with Crippen molar-refractivity contribution in [3.63, 3.8) is 0 Å². The summed E-state index contributed by atoms with van der Waals surface area (Å²) in [5.41, 5.74) is 6.28. The molecule has 2 heterocycles. The summed E-state index contributed by atoms with van der Waals surface area (Å²) in [5, 5.41) is 0.585. The quantitative estimate of drug-likeness (QED) is 0.742. The Morgan fingerprint density at radius 3 is 2.53 bits per heavy atom. The van der Waals surface area contributed by atoms with Crippen LogP contribution in [0, 0.1) is 0 Å². The maximum absolute atomic E-state index is 5.56. The topological polar surface area (TPSA) is 90.5 Å². The van der Waals surface area contributed by atoms with Gasteiger partial charge in [0.15, 0.2) is 11.0 Å². The average Bonchev–Trinajstić information content (AvgIpc) is 2.29. The molecule has 76 valence electrons. The third-order valence-corrected chi connectivity index (χ3v) is 2.18. The third-order valence-electron chi connectivity index (χ3n) is 1.63. The molecule has 0 amide bonds. The van der Waals surface area contributed by atoms with Gasteiger partial charge in [0.1, 0.15) is 6.33 Å². The minimum absolute atomic E-state index is 0.202. The fourth-order valence-corrected chi connectivity index (χ4v) is 1.37. The number of rotatable bonds is 2. The SMILES string of the molecule is CSc1nc(N)nc(-c2cncnc2)n1. The minimum Gasteiger partial charge on any atom is -0.368 e. The lowest BCUT2D eigenvalue weighted by molar-refractivity contribution is 0.924. The first-order valence-electron chi connectivity index (χ1n) is 4.10. The molecular formula is C8H8N6S. The van der Waals surface area contributed by atoms with Crippen molar-refractivity contribution in [2.24, 2.45) is 0 Å². The Hall–Kier alpha value is -1.76. The van der Waals surface area contributed by atoms with Crippen LogP contribution in [0.2, 0.25) is 0 Å². The summed E-state index contributed by atoms with van der Waals surface area (Å²) in [6, 6.07) is 0. The fraction of sp³-hybridized carbons (Fsp3) is 0.125. The number of nitrogens with zero attached hydrogens (tertiary/aromatic N) is 5. The van der Waals surface area contributed by atoms with Gasteiger partial charge in [-0.15, -0.1) is 0 Å². The first-order valence-corrected chi connectivity index (χ1v) is 5.33. The third kappa shape index (κ3) is 2.18. The van der Waals surface area contributed by atoms with Gasteiger partial charge in [-0.1, -0.05) is 11.8 Å². The Kier molecular flexibility index (Phi) is 2.72. The largest absolute Gasteiger partial charge is 0.368 e. The molecule has 2 aromatic rings. The van der Waals surface area contributed by atoms with Gasteiger partial charge in [0.05, 0.1) is 5.56 Å². The van der Waals surface area contributed by atoms with Crippen molar-refractivity contribution >= 4 is 17.7 Å². The van der Waals surface area contributed by atoms with E-state index in [1.54, 1.807) is 12.4 Å². The first kappa shape index (κ1) is 9.78. The molecule has 15 heavy (non-hydrogen) atoms. The van der Waals surface area contributed by atoms with Crippen LogP contribution in [0.5, 0.6) is 0 Å². The molecule has 0 fully saturated rings. The second-order valence-electron chi connectivity index (χ2n) is 2.63. The van der Waals surface area contributed by atoms with Gasteiger partial charge in [-0.25, -0.2) is 15.0 Å². The zero-order valence-electron chi connectivity index (χ0n) is 7.95. The van der Waals surface area contributed by atoms with Crippen LogP contribution in [0.25, 0.3) is 11.4 Å². The molecule has 0 atom stereocenters. The maximum Gasteiger partial charge on any atom is 0.224 e. The molecular weight excluding hydrogens is 212 g/mol. The van der Waals surface area contributed by atoms with E-state index in [0.717, 1.165) is 5.56 Å². The van der Waals surface area contributed by atoms with Gasteiger partial charge in [0, 0.05) is 12.4 Å². The molecule has 7 heteroatoms. The van der Waals surface area contributed by atoms with Gasteiger partial charge in [-0.3, -0.25) is 0 Å². The zero-order valence-corrected chi connectivity index (χ0v) is 8.77. The summed E-state index contributed by atoms with van der Waals surface area (Å²) in [6.07, 6.45) is 6.58. The van der Waals surface area contributed by atoms with Crippen molar-refractivity contribution in [1.82, 2.24) is 24.9 Å². The van der Waals surface area contributed by atoms with E-state index in [9.17, 15) is 0 Å². The Morgan fingerprint density at radius 1 is 1.13 bits per heavy atom. The molecule has 0 aliphatic rings. The van der Waals surface area contributed by atoms with E-state index in [-0.39, 0.29) is 5.95 Å². The molecule has 0 unspecified atom stereocenters. The molecule has 0 aromatic carbocycles. The van der Waals surface area contributed by atoms with Crippen LogP contribution in [0.4, 0.5) is 5.95 Å². The second kappa shape index (κ2) is 4.18. The van der Waals surface area contributed by atoms with Crippen LogP contribution >= 0.6 is 11.8 Å². The van der Waals surface area contributed by atoms with Crippen molar-refractivity contribution in [3.8, 4) is 11.4 Å². The average molecular weight is 220 g/mol. The molecule has 0 saturated heterocycles. The first-order chi connectivity index (χ1) is 7.29. The molecule has 0 radical (unpaired) electrons. The second-order valence-corrected chi connectivity index (χ2v) is 3.40. The molecule has 0 spiro atoms. The van der Waals surface area contributed by atoms with E-state index in [1.165, 1.54) is 18.1 Å². The number of thioether (sulfide) groups is 1. The molecule has 6 nitrogen and oxygen atoms in total. The van der Waals surface area contributed by atoms with Crippen molar-refractivity contribution < 1.29 is 0 Å². The van der Waals surface area contributed by atoms with Crippen LogP contribution in [0.1, 0.15) is 0 Å². The highest BCUT2D eigenvalue weighted by Gasteiger charge is 2.05. The fourth-order valence-electron chi connectivity index (χ4n) is 1.01. The summed E-state index contributed by atoms with van der Waals surface area (Å²) in [4.78, 5) is 19.9. The van der Waals surface area contributed by atoms with Gasteiger partial charge >= 0.3 is 0 Å². The van der Waals surface area contributed by atoms with E-state index >= 15 is 0 Å². The summed E-state index contributed by atoms with van der Waals surface area (Å²) in [6.45, 7) is 0. The number of aromatic nitrogens is 5. The molecule has 2 N–H and O–H groups in total. The number of hydrogen-bond donors (Lipinski definition) is 1. The van der Waals surface area contributed by atoms with Crippen LogP contribution in [0.15, 0.2) is 23.9 Å². The standard InChI is InChI=1S/C8H8N6S/c1-15-8-13-6(12-7(9)14-8)5-2-10-4-11-3-5/h2-4H,1H3,(H2,9,12,13,14). The van der Waals surface area contributed by atoms with Gasteiger partial charge < -0.3 is 5.73 Å². The Morgan fingerprint density at radius 2 is 1.87 bits per heavy atom. The maximum atomic E-state index is 5.56. The van der Waals surface area contributed by atoms with Gasteiger partial charge in [0.25, 0.3) is 0 Å². The number of nitrogens with two attached hydrogens (primary N) is 1. The minimum atomic E-state index is 0.202. The van der Waals surface area contributed by atoms with Crippen LogP contribution < -0.4 is 5.73 Å². The summed E-state index contributed by atoms with van der Waals surface area (Å²) in [5.74, 6) is 0.695. The summed E-state index contributed by atoms with van der Waals surface area (Å²) < 4.78 is 0. The van der Waals surface area contributed by atoms with E-state index in [1.807, 2.05) is 6.26 Å². The summed E-state index contributed by atoms with van der Waals surface area (Å²) in [7, 11) is 0. The smallest absolute Gasteiger partial charge is 0.224 e. The van der Waals surface area contributed by atoms with Crippen molar-refractivity contribution in [2.75, 3.05) is 12.0 Å². The Bertz CT molecular complexity index is 460. The number of anilines is 1. The van der Waals surface area contributed by atoms with Crippen molar-refractivity contribution in [1.29, 1.82) is 0 Å². The van der Waals surface area contributed by atoms with Gasteiger partial charge in [-0.2, -0.15) is 9.97 Å². The van der Waals surface area contributed by atoms with E-state index in [2.05, 4.69) is 24.9 Å². The lowest BCUT2D eigenvalue weighted by Gasteiger charge is -2.01. The summed E-state index contributed by atoms with van der Waals surface area (Å²) >= 11 is 1.41. The lowest BCUT2D eigenvalue weighted by Crippen LogP contribution is -2.01. The predicted molar refractivity (Wildman–Crippen MR) is 57.0 cm³/mol. The highest BCUT2D eigenvalue weighted by molar-refractivity contribution is 7.98. The predicted octanol–water partition coefficient (Wildman–Crippen LogP) is 0.633. The number of nitrogen functional groups attached to an aromatic ring is 1. The Balaban J connectivity index is 2.49.